The fourth-order valence-corrected chi connectivity index (χ4v) is 4.32. The first-order valence-electron chi connectivity index (χ1n) is 12.3. The monoisotopic (exact) mass is 473 g/mol. The highest BCUT2D eigenvalue weighted by Crippen LogP contribution is 2.36. The van der Waals surface area contributed by atoms with E-state index in [0.29, 0.717) is 0 Å². The summed E-state index contributed by atoms with van der Waals surface area (Å²) in [7, 11) is 8.12. The minimum Gasteiger partial charge on any atom is -0.303 e. The van der Waals surface area contributed by atoms with Gasteiger partial charge in [0.15, 0.2) is 0 Å². The average molecular weight is 473 g/mol. The maximum atomic E-state index is 4.89. The van der Waals surface area contributed by atoms with Gasteiger partial charge in [-0.25, -0.2) is 0 Å². The van der Waals surface area contributed by atoms with Gasteiger partial charge in [-0.05, 0) is 26.7 Å². The van der Waals surface area contributed by atoms with E-state index in [9.17, 15) is 0 Å². The van der Waals surface area contributed by atoms with Crippen LogP contribution in [0.4, 0.5) is 0 Å². The molecular formula is C29H68N4. The van der Waals surface area contributed by atoms with E-state index in [2.05, 4.69) is 27.7 Å². The Morgan fingerprint density at radius 1 is 0.515 bits per heavy atom. The van der Waals surface area contributed by atoms with Crippen LogP contribution in [0.5, 0.6) is 0 Å². The molecule has 0 atom stereocenters. The van der Waals surface area contributed by atoms with E-state index in [1.807, 2.05) is 38.2 Å². The van der Waals surface area contributed by atoms with Crippen molar-refractivity contribution in [3.05, 3.63) is 0 Å². The van der Waals surface area contributed by atoms with Gasteiger partial charge in [0.2, 0.25) is 0 Å². The number of rotatable bonds is 18. The quantitative estimate of drug-likeness (QED) is 0.113. The van der Waals surface area contributed by atoms with Crippen LogP contribution in [0.3, 0.4) is 0 Å². The smallest absolute Gasteiger partial charge is 0.0499 e. The minimum absolute atomic E-state index is 0. The molecule has 204 valence electrons. The Morgan fingerprint density at radius 3 is 1.06 bits per heavy atom. The van der Waals surface area contributed by atoms with Crippen LogP contribution in [0.25, 0.3) is 0 Å². The summed E-state index contributed by atoms with van der Waals surface area (Å²) in [5.41, 5.74) is 2.45. The second kappa shape index (κ2) is 25.6. The third kappa shape index (κ3) is 19.0. The first-order chi connectivity index (χ1) is 13.8. The van der Waals surface area contributed by atoms with Crippen LogP contribution in [0, 0.1) is 5.41 Å². The van der Waals surface area contributed by atoms with Crippen LogP contribution >= 0.6 is 0 Å². The summed E-state index contributed by atoms with van der Waals surface area (Å²) in [6, 6.07) is 0. The van der Waals surface area contributed by atoms with E-state index in [1.54, 1.807) is 0 Å². The Morgan fingerprint density at radius 2 is 0.788 bits per heavy atom. The largest absolute Gasteiger partial charge is 0.303 e. The predicted octanol–water partition coefficient (Wildman–Crippen LogP) is 9.89. The third-order valence-corrected chi connectivity index (χ3v) is 6.00. The standard InChI is InChI=1S/C25H52N4.4CH4/c1-9-11-13-15-17-19-21-25(23(3)26-28(5)6,24(4)27-29(7)8)22-20-18-16-14-12-10-2;;;;/h9-22H2,1-8H3;4*1H4/b26-23+,27-24+;;;;. The highest BCUT2D eigenvalue weighted by molar-refractivity contribution is 6.09. The van der Waals surface area contributed by atoms with Crippen LogP contribution in [0.2, 0.25) is 0 Å². The number of hydrazone groups is 2. The van der Waals surface area contributed by atoms with Crippen molar-refractivity contribution in [3.8, 4) is 0 Å². The zero-order valence-electron chi connectivity index (χ0n) is 21.2. The van der Waals surface area contributed by atoms with Crippen molar-refractivity contribution in [2.24, 2.45) is 15.6 Å². The maximum absolute atomic E-state index is 4.89. The molecule has 0 bridgehead atoms. The van der Waals surface area contributed by atoms with Gasteiger partial charge in [-0.3, -0.25) is 0 Å². The Kier molecular flexibility index (Phi) is 32.6. The summed E-state index contributed by atoms with van der Waals surface area (Å²) < 4.78 is 0. The molecule has 0 aromatic carbocycles. The number of unbranched alkanes of at least 4 members (excludes halogenated alkanes) is 10. The van der Waals surface area contributed by atoms with Crippen molar-refractivity contribution in [2.75, 3.05) is 28.2 Å². The SMILES string of the molecule is C.C.C.C.CCCCCCCCC(CCCCCCCC)(/C(C)=N/N(C)C)/C(C)=N/N(C)C. The van der Waals surface area contributed by atoms with Gasteiger partial charge in [0.1, 0.15) is 0 Å². The molecule has 0 amide bonds. The molecule has 0 N–H and O–H groups in total. The van der Waals surface area contributed by atoms with Gasteiger partial charge in [-0.1, -0.05) is 121 Å². The van der Waals surface area contributed by atoms with Crippen LogP contribution in [0.1, 0.15) is 147 Å². The molecule has 4 heteroatoms. The molecule has 0 spiro atoms. The number of hydrogen-bond acceptors (Lipinski definition) is 4. The van der Waals surface area contributed by atoms with E-state index in [4.69, 9.17) is 10.2 Å². The lowest BCUT2D eigenvalue weighted by atomic mass is 9.71. The van der Waals surface area contributed by atoms with E-state index >= 15 is 0 Å². The highest BCUT2D eigenvalue weighted by Gasteiger charge is 2.36. The van der Waals surface area contributed by atoms with Crippen LogP contribution in [0.15, 0.2) is 10.2 Å². The Bertz CT molecular complexity index is 411. The Labute approximate surface area is 212 Å². The summed E-state index contributed by atoms with van der Waals surface area (Å²) in [6.45, 7) is 9.02. The fourth-order valence-electron chi connectivity index (χ4n) is 4.32. The molecule has 0 fully saturated rings. The molecule has 0 aliphatic heterocycles. The number of nitrogens with zero attached hydrogens (tertiary/aromatic N) is 4. The molecular weight excluding hydrogens is 404 g/mol. The average Bonchev–Trinajstić information content (AvgIpc) is 2.64. The first-order valence-corrected chi connectivity index (χ1v) is 12.3. The zero-order chi connectivity index (χ0) is 22.1. The van der Waals surface area contributed by atoms with Gasteiger partial charge in [0.25, 0.3) is 0 Å². The maximum Gasteiger partial charge on any atom is 0.0499 e. The van der Waals surface area contributed by atoms with Crippen molar-refractivity contribution >= 4 is 11.4 Å². The van der Waals surface area contributed by atoms with Gasteiger partial charge in [0.05, 0.1) is 0 Å². The normalized spacial score (nSPS) is 11.5. The van der Waals surface area contributed by atoms with Crippen molar-refractivity contribution in [1.82, 2.24) is 10.0 Å². The van der Waals surface area contributed by atoms with Gasteiger partial charge in [-0.2, -0.15) is 10.2 Å². The molecule has 0 heterocycles. The van der Waals surface area contributed by atoms with Crippen molar-refractivity contribution in [2.45, 2.75) is 147 Å². The summed E-state index contributed by atoms with van der Waals surface area (Å²) in [6.07, 6.45) is 18.3. The Balaban J connectivity index is -0.000000653. The Hall–Kier alpha value is -1.06. The molecule has 33 heavy (non-hydrogen) atoms. The number of hydrogen-bond donors (Lipinski definition) is 0. The van der Waals surface area contributed by atoms with Gasteiger partial charge >= 0.3 is 0 Å². The second-order valence-corrected chi connectivity index (χ2v) is 9.18. The topological polar surface area (TPSA) is 31.2 Å². The van der Waals surface area contributed by atoms with Crippen molar-refractivity contribution in [1.29, 1.82) is 0 Å². The second-order valence-electron chi connectivity index (χ2n) is 9.18. The van der Waals surface area contributed by atoms with Crippen LogP contribution in [-0.2, 0) is 0 Å². The summed E-state index contributed by atoms with van der Waals surface area (Å²) >= 11 is 0. The van der Waals surface area contributed by atoms with E-state index in [-0.39, 0.29) is 35.1 Å². The molecule has 0 unspecified atom stereocenters. The predicted molar refractivity (Wildman–Crippen MR) is 159 cm³/mol. The molecule has 0 aromatic heterocycles. The molecule has 0 rings (SSSR count). The summed E-state index contributed by atoms with van der Waals surface area (Å²) in [5, 5.41) is 13.7. The first kappa shape index (κ1) is 42.1. The van der Waals surface area contributed by atoms with E-state index < -0.39 is 0 Å². The van der Waals surface area contributed by atoms with Gasteiger partial charge < -0.3 is 10.0 Å². The van der Waals surface area contributed by atoms with Crippen LogP contribution < -0.4 is 0 Å². The van der Waals surface area contributed by atoms with Crippen molar-refractivity contribution in [3.63, 3.8) is 0 Å². The highest BCUT2D eigenvalue weighted by atomic mass is 15.4. The third-order valence-electron chi connectivity index (χ3n) is 6.00. The fraction of sp³-hybridized carbons (Fsp3) is 0.931. The lowest BCUT2D eigenvalue weighted by Crippen LogP contribution is -2.39. The molecule has 0 saturated heterocycles. The zero-order valence-corrected chi connectivity index (χ0v) is 21.2. The molecule has 0 aliphatic carbocycles. The van der Waals surface area contributed by atoms with E-state index in [1.165, 1.54) is 101 Å². The van der Waals surface area contributed by atoms with E-state index in [0.717, 1.165) is 0 Å². The summed E-state index contributed by atoms with van der Waals surface area (Å²) in [4.78, 5) is 0. The lowest BCUT2D eigenvalue weighted by Gasteiger charge is -2.35. The molecule has 0 aromatic rings. The van der Waals surface area contributed by atoms with Crippen molar-refractivity contribution < 1.29 is 0 Å². The molecule has 4 nitrogen and oxygen atoms in total. The summed E-state index contributed by atoms with van der Waals surface area (Å²) in [5.74, 6) is 0. The van der Waals surface area contributed by atoms with Gasteiger partial charge in [0, 0.05) is 45.0 Å². The van der Waals surface area contributed by atoms with Crippen LogP contribution in [-0.4, -0.2) is 49.6 Å². The molecule has 0 aliphatic rings. The molecule has 0 saturated carbocycles. The molecule has 0 radical (unpaired) electrons. The lowest BCUT2D eigenvalue weighted by molar-refractivity contribution is 0.377. The van der Waals surface area contributed by atoms with Gasteiger partial charge in [-0.15, -0.1) is 0 Å². The minimum atomic E-state index is -0.00987.